The molecule has 0 aromatic rings. The normalized spacial score (nSPS) is 9.54. The Kier molecular flexibility index (Phi) is 11.6. The van der Waals surface area contributed by atoms with Crippen molar-refractivity contribution >= 4 is 5.97 Å². The van der Waals surface area contributed by atoms with E-state index in [-0.39, 0.29) is 6.54 Å². The molecule has 0 aliphatic rings. The molecular formula is C10H17NO2. The van der Waals surface area contributed by atoms with E-state index < -0.39 is 5.97 Å². The van der Waals surface area contributed by atoms with Crippen LogP contribution in [0.5, 0.6) is 0 Å². The van der Waals surface area contributed by atoms with Gasteiger partial charge < -0.3 is 10.4 Å². The van der Waals surface area contributed by atoms with Gasteiger partial charge in [-0.1, -0.05) is 37.0 Å². The average Bonchev–Trinajstić information content (AvgIpc) is 2.05. The van der Waals surface area contributed by atoms with Crippen LogP contribution < -0.4 is 5.32 Å². The number of rotatable bonds is 4. The fourth-order valence-electron chi connectivity index (χ4n) is 0.405. The Morgan fingerprint density at radius 1 is 1.54 bits per heavy atom. The molecule has 3 nitrogen and oxygen atoms in total. The highest BCUT2D eigenvalue weighted by Gasteiger charge is 1.86. The highest BCUT2D eigenvalue weighted by molar-refractivity contribution is 5.68. The Hall–Kier alpha value is -1.35. The van der Waals surface area contributed by atoms with Crippen molar-refractivity contribution in [3.63, 3.8) is 0 Å². The molecule has 0 unspecified atom stereocenters. The summed E-state index contributed by atoms with van der Waals surface area (Å²) in [6.07, 6.45) is 5.45. The molecule has 0 fully saturated rings. The lowest BCUT2D eigenvalue weighted by Crippen LogP contribution is -2.16. The first kappa shape index (κ1) is 14.2. The zero-order valence-electron chi connectivity index (χ0n) is 8.21. The van der Waals surface area contributed by atoms with Gasteiger partial charge in [0.25, 0.3) is 0 Å². The van der Waals surface area contributed by atoms with Crippen molar-refractivity contribution in [2.24, 2.45) is 0 Å². The van der Waals surface area contributed by atoms with Crippen LogP contribution in [0.2, 0.25) is 0 Å². The molecule has 0 saturated carbocycles. The van der Waals surface area contributed by atoms with E-state index in [0.717, 1.165) is 5.57 Å². The first-order valence-electron chi connectivity index (χ1n) is 3.86. The third kappa shape index (κ3) is 18.0. The molecule has 0 aliphatic heterocycles. The summed E-state index contributed by atoms with van der Waals surface area (Å²) < 4.78 is 0. The van der Waals surface area contributed by atoms with Crippen molar-refractivity contribution in [3.05, 3.63) is 37.0 Å². The largest absolute Gasteiger partial charge is 0.480 e. The minimum Gasteiger partial charge on any atom is -0.480 e. The predicted molar refractivity (Wildman–Crippen MR) is 55.7 cm³/mol. The Morgan fingerprint density at radius 2 is 2.08 bits per heavy atom. The second kappa shape index (κ2) is 10.7. The van der Waals surface area contributed by atoms with E-state index in [4.69, 9.17) is 5.11 Å². The van der Waals surface area contributed by atoms with Crippen LogP contribution in [0, 0.1) is 0 Å². The van der Waals surface area contributed by atoms with Gasteiger partial charge in [-0.2, -0.15) is 0 Å². The lowest BCUT2D eigenvalue weighted by atomic mass is 10.3. The monoisotopic (exact) mass is 183 g/mol. The number of carboxylic acid groups (broad SMARTS) is 1. The molecular weight excluding hydrogens is 166 g/mol. The summed E-state index contributed by atoms with van der Waals surface area (Å²) >= 11 is 0. The van der Waals surface area contributed by atoms with Crippen molar-refractivity contribution < 1.29 is 9.90 Å². The predicted octanol–water partition coefficient (Wildman–Crippen LogP) is 1.60. The number of hydrogen-bond acceptors (Lipinski definition) is 2. The summed E-state index contributed by atoms with van der Waals surface area (Å²) in [4.78, 5) is 9.54. The van der Waals surface area contributed by atoms with Crippen LogP contribution in [0.3, 0.4) is 0 Å². The van der Waals surface area contributed by atoms with Crippen LogP contribution in [-0.2, 0) is 4.79 Å². The van der Waals surface area contributed by atoms with Crippen molar-refractivity contribution in [2.75, 3.05) is 13.6 Å². The lowest BCUT2D eigenvalue weighted by Gasteiger charge is -1.84. The number of allylic oxidation sites excluding steroid dienone is 4. The second-order valence-electron chi connectivity index (χ2n) is 2.27. The van der Waals surface area contributed by atoms with Crippen LogP contribution in [0.4, 0.5) is 0 Å². The van der Waals surface area contributed by atoms with Gasteiger partial charge >= 0.3 is 5.97 Å². The Morgan fingerprint density at radius 3 is 2.15 bits per heavy atom. The third-order valence-corrected chi connectivity index (χ3v) is 1.03. The zero-order valence-corrected chi connectivity index (χ0v) is 8.21. The van der Waals surface area contributed by atoms with Crippen LogP contribution >= 0.6 is 0 Å². The maximum Gasteiger partial charge on any atom is 0.317 e. The van der Waals surface area contributed by atoms with Gasteiger partial charge in [-0.05, 0) is 14.0 Å². The summed E-state index contributed by atoms with van der Waals surface area (Å²) in [5.41, 5.74) is 1.15. The van der Waals surface area contributed by atoms with Crippen molar-refractivity contribution in [1.29, 1.82) is 0 Å². The highest BCUT2D eigenvalue weighted by atomic mass is 16.4. The molecule has 0 heterocycles. The van der Waals surface area contributed by atoms with Gasteiger partial charge in [-0.3, -0.25) is 4.79 Å². The molecule has 0 aliphatic carbocycles. The Labute approximate surface area is 79.5 Å². The number of aliphatic carboxylic acids is 1. The highest BCUT2D eigenvalue weighted by Crippen LogP contribution is 1.90. The van der Waals surface area contributed by atoms with Gasteiger partial charge in [-0.15, -0.1) is 0 Å². The van der Waals surface area contributed by atoms with Gasteiger partial charge in [0.2, 0.25) is 0 Å². The minimum atomic E-state index is -0.822. The molecule has 0 aromatic heterocycles. The maximum absolute atomic E-state index is 9.54. The Balaban J connectivity index is 0. The smallest absolute Gasteiger partial charge is 0.317 e. The van der Waals surface area contributed by atoms with Crippen molar-refractivity contribution in [3.8, 4) is 0 Å². The third-order valence-electron chi connectivity index (χ3n) is 1.03. The summed E-state index contributed by atoms with van der Waals surface area (Å²) in [5.74, 6) is -0.822. The molecule has 13 heavy (non-hydrogen) atoms. The molecule has 0 saturated heterocycles. The van der Waals surface area contributed by atoms with Crippen molar-refractivity contribution in [2.45, 2.75) is 6.92 Å². The quantitative estimate of drug-likeness (QED) is 0.651. The molecule has 0 amide bonds. The topological polar surface area (TPSA) is 49.3 Å². The van der Waals surface area contributed by atoms with E-state index in [1.165, 1.54) is 0 Å². The van der Waals surface area contributed by atoms with Gasteiger partial charge in [0.1, 0.15) is 0 Å². The van der Waals surface area contributed by atoms with E-state index in [9.17, 15) is 4.79 Å². The van der Waals surface area contributed by atoms with Crippen LogP contribution in [-0.4, -0.2) is 24.7 Å². The number of nitrogens with one attached hydrogen (secondary N) is 1. The Bertz CT molecular complexity index is 195. The van der Waals surface area contributed by atoms with E-state index in [2.05, 4.69) is 18.5 Å². The summed E-state index contributed by atoms with van der Waals surface area (Å²) in [6.45, 7) is 9.11. The molecule has 74 valence electrons. The SMILES string of the molecule is C=C/C=C(/C)C=C.CNCC(=O)O. The van der Waals surface area contributed by atoms with Crippen LogP contribution in [0.15, 0.2) is 37.0 Å². The van der Waals surface area contributed by atoms with Crippen molar-refractivity contribution in [1.82, 2.24) is 5.32 Å². The molecule has 0 atom stereocenters. The summed E-state index contributed by atoms with van der Waals surface area (Å²) in [6, 6.07) is 0. The first-order chi connectivity index (χ1) is 6.08. The second-order valence-corrected chi connectivity index (χ2v) is 2.27. The lowest BCUT2D eigenvalue weighted by molar-refractivity contribution is -0.135. The standard InChI is InChI=1S/C7H10.C3H7NO2/c1-4-6-7(3)5-2;1-4-2-3(5)6/h4-6H,1-2H2,3H3;4H,2H2,1H3,(H,5,6)/b7-6-;. The molecule has 3 heteroatoms. The molecule has 2 N–H and O–H groups in total. The van der Waals surface area contributed by atoms with E-state index in [0.29, 0.717) is 0 Å². The summed E-state index contributed by atoms with van der Waals surface area (Å²) in [5, 5.41) is 10.3. The van der Waals surface area contributed by atoms with Gasteiger partial charge in [0.15, 0.2) is 0 Å². The molecule has 0 bridgehead atoms. The van der Waals surface area contributed by atoms with E-state index >= 15 is 0 Å². The van der Waals surface area contributed by atoms with Gasteiger partial charge in [0, 0.05) is 0 Å². The molecule has 0 spiro atoms. The molecule has 0 rings (SSSR count). The average molecular weight is 183 g/mol. The van der Waals surface area contributed by atoms with Gasteiger partial charge in [-0.25, -0.2) is 0 Å². The fraction of sp³-hybridized carbons (Fsp3) is 0.300. The molecule has 0 radical (unpaired) electrons. The van der Waals surface area contributed by atoms with Gasteiger partial charge in [0.05, 0.1) is 6.54 Å². The van der Waals surface area contributed by atoms with E-state index in [1.807, 2.05) is 13.0 Å². The fourth-order valence-corrected chi connectivity index (χ4v) is 0.405. The minimum absolute atomic E-state index is 0.0417. The maximum atomic E-state index is 9.54. The number of hydrogen-bond donors (Lipinski definition) is 2. The van der Waals surface area contributed by atoms with Crippen LogP contribution in [0.1, 0.15) is 6.92 Å². The zero-order chi connectivity index (χ0) is 10.7. The molecule has 0 aromatic carbocycles. The number of likely N-dealkylation sites (N-methyl/N-ethyl adjacent to an activating group) is 1. The number of carbonyl (C=O) groups is 1. The summed E-state index contributed by atoms with van der Waals surface area (Å²) in [7, 11) is 1.59. The first-order valence-corrected chi connectivity index (χ1v) is 3.86. The van der Waals surface area contributed by atoms with E-state index in [1.54, 1.807) is 19.2 Å². The number of carboxylic acids is 1. The van der Waals surface area contributed by atoms with Crippen LogP contribution in [0.25, 0.3) is 0 Å².